The molecule has 3 rings (SSSR count). The molecule has 0 aromatic heterocycles. The molecule has 1 amide bonds. The van der Waals surface area contributed by atoms with E-state index >= 15 is 0 Å². The summed E-state index contributed by atoms with van der Waals surface area (Å²) < 4.78 is 10.6. The van der Waals surface area contributed by atoms with Gasteiger partial charge in [-0.05, 0) is 19.9 Å². The van der Waals surface area contributed by atoms with Crippen LogP contribution < -0.4 is 15.8 Å². The molecule has 0 radical (unpaired) electrons. The van der Waals surface area contributed by atoms with E-state index in [9.17, 15) is 14.9 Å². The number of hydrogen-bond donors (Lipinski definition) is 2. The van der Waals surface area contributed by atoms with Crippen molar-refractivity contribution in [2.45, 2.75) is 19.3 Å². The molecular formula is C17H15N3O4. The van der Waals surface area contributed by atoms with E-state index in [2.05, 4.69) is 5.32 Å². The fourth-order valence-electron chi connectivity index (χ4n) is 3.22. The van der Waals surface area contributed by atoms with Gasteiger partial charge in [-0.1, -0.05) is 18.2 Å². The Balaban J connectivity index is 2.39. The van der Waals surface area contributed by atoms with Gasteiger partial charge in [0.1, 0.15) is 17.4 Å². The van der Waals surface area contributed by atoms with Gasteiger partial charge in [0.15, 0.2) is 5.41 Å². The molecule has 3 N–H and O–H groups in total. The summed E-state index contributed by atoms with van der Waals surface area (Å²) in [7, 11) is 0. The predicted molar refractivity (Wildman–Crippen MR) is 83.1 cm³/mol. The Morgan fingerprint density at radius 3 is 2.83 bits per heavy atom. The number of para-hydroxylation sites is 1. The second-order valence-electron chi connectivity index (χ2n) is 5.37. The summed E-state index contributed by atoms with van der Waals surface area (Å²) in [4.78, 5) is 25.5. The van der Waals surface area contributed by atoms with Crippen molar-refractivity contribution in [3.8, 4) is 11.8 Å². The van der Waals surface area contributed by atoms with Crippen LogP contribution in [-0.4, -0.2) is 18.5 Å². The summed E-state index contributed by atoms with van der Waals surface area (Å²) in [5, 5.41) is 12.3. The minimum atomic E-state index is -1.66. The van der Waals surface area contributed by atoms with Gasteiger partial charge in [-0.25, -0.2) is 4.79 Å². The standard InChI is InChI=1S/C17H15N3O4/c1-3-23-15(21)13-9(2)20-16(22)17(13)10-6-4-5-7-12(10)24-14(19)11(17)8-18/h4-7H,3,19H2,1-2H3,(H,20,22). The largest absolute Gasteiger partial charge is 0.463 e. The molecule has 122 valence electrons. The van der Waals surface area contributed by atoms with E-state index in [1.54, 1.807) is 38.1 Å². The zero-order valence-corrected chi connectivity index (χ0v) is 13.2. The molecule has 1 aromatic carbocycles. The minimum absolute atomic E-state index is 0.0598. The second kappa shape index (κ2) is 5.42. The van der Waals surface area contributed by atoms with Crippen molar-refractivity contribution in [1.82, 2.24) is 5.32 Å². The maximum absolute atomic E-state index is 12.9. The summed E-state index contributed by atoms with van der Waals surface area (Å²) in [5.74, 6) is -1.09. The van der Waals surface area contributed by atoms with Gasteiger partial charge in [-0.15, -0.1) is 0 Å². The molecule has 0 bridgehead atoms. The number of amides is 1. The Morgan fingerprint density at radius 1 is 1.46 bits per heavy atom. The van der Waals surface area contributed by atoms with Crippen LogP contribution in [0.3, 0.4) is 0 Å². The number of nitrogens with one attached hydrogen (secondary N) is 1. The van der Waals surface area contributed by atoms with Crippen molar-refractivity contribution in [3.05, 3.63) is 52.6 Å². The summed E-state index contributed by atoms with van der Waals surface area (Å²) >= 11 is 0. The summed E-state index contributed by atoms with van der Waals surface area (Å²) in [6.07, 6.45) is 0. The average Bonchev–Trinajstić information content (AvgIpc) is 2.79. The number of carbonyl (C=O) groups excluding carboxylic acids is 2. The van der Waals surface area contributed by atoms with Crippen molar-refractivity contribution in [1.29, 1.82) is 5.26 Å². The number of rotatable bonds is 2. The molecule has 7 heteroatoms. The van der Waals surface area contributed by atoms with Gasteiger partial charge in [0.25, 0.3) is 0 Å². The molecule has 7 nitrogen and oxygen atoms in total. The maximum atomic E-state index is 12.9. The number of fused-ring (bicyclic) bond motifs is 2. The lowest BCUT2D eigenvalue weighted by Crippen LogP contribution is -2.46. The van der Waals surface area contributed by atoms with Crippen molar-refractivity contribution in [2.75, 3.05) is 6.61 Å². The monoisotopic (exact) mass is 325 g/mol. The van der Waals surface area contributed by atoms with Crippen molar-refractivity contribution >= 4 is 11.9 Å². The van der Waals surface area contributed by atoms with Crippen LogP contribution >= 0.6 is 0 Å². The second-order valence-corrected chi connectivity index (χ2v) is 5.37. The van der Waals surface area contributed by atoms with Gasteiger partial charge in [0.2, 0.25) is 11.8 Å². The number of nitriles is 1. The van der Waals surface area contributed by atoms with E-state index in [1.165, 1.54) is 0 Å². The zero-order chi connectivity index (χ0) is 17.5. The van der Waals surface area contributed by atoms with Crippen LogP contribution in [0.25, 0.3) is 0 Å². The normalized spacial score (nSPS) is 22.0. The number of nitrogens with two attached hydrogens (primary N) is 1. The average molecular weight is 325 g/mol. The lowest BCUT2D eigenvalue weighted by atomic mass is 9.68. The molecule has 24 heavy (non-hydrogen) atoms. The van der Waals surface area contributed by atoms with Crippen molar-refractivity contribution in [3.63, 3.8) is 0 Å². The fraction of sp³-hybridized carbons (Fsp3) is 0.235. The number of ether oxygens (including phenoxy) is 2. The Bertz CT molecular complexity index is 863. The Labute approximate surface area is 138 Å². The van der Waals surface area contributed by atoms with Crippen LogP contribution in [0.5, 0.6) is 5.75 Å². The Morgan fingerprint density at radius 2 is 2.17 bits per heavy atom. The maximum Gasteiger partial charge on any atom is 0.337 e. The van der Waals surface area contributed by atoms with Crippen molar-refractivity contribution in [2.24, 2.45) is 5.73 Å². The van der Waals surface area contributed by atoms with E-state index in [0.29, 0.717) is 17.0 Å². The summed E-state index contributed by atoms with van der Waals surface area (Å²) in [6.45, 7) is 3.39. The third-order valence-corrected chi connectivity index (χ3v) is 4.12. The zero-order valence-electron chi connectivity index (χ0n) is 13.2. The first-order valence-corrected chi connectivity index (χ1v) is 7.36. The van der Waals surface area contributed by atoms with Crippen LogP contribution in [0.1, 0.15) is 19.4 Å². The highest BCUT2D eigenvalue weighted by atomic mass is 16.5. The number of hydrogen-bond acceptors (Lipinski definition) is 6. The molecule has 2 aliphatic heterocycles. The topological polar surface area (TPSA) is 114 Å². The molecule has 0 saturated carbocycles. The van der Waals surface area contributed by atoms with Crippen LogP contribution in [0.15, 0.2) is 47.0 Å². The van der Waals surface area contributed by atoms with Gasteiger partial charge in [0.05, 0.1) is 12.2 Å². The molecule has 0 aliphatic carbocycles. The van der Waals surface area contributed by atoms with Gasteiger partial charge < -0.3 is 20.5 Å². The summed E-state index contributed by atoms with van der Waals surface area (Å²) in [5.41, 5.74) is 4.87. The third-order valence-electron chi connectivity index (χ3n) is 4.12. The third kappa shape index (κ3) is 1.83. The SMILES string of the molecule is CCOC(=O)C1=C(C)NC(=O)C12C(C#N)=C(N)Oc1ccccc12. The van der Waals surface area contributed by atoms with E-state index in [0.717, 1.165) is 0 Å². The van der Waals surface area contributed by atoms with E-state index < -0.39 is 17.3 Å². The lowest BCUT2D eigenvalue weighted by Gasteiger charge is -2.34. The molecule has 2 aliphatic rings. The molecule has 1 spiro atoms. The number of esters is 1. The fourth-order valence-corrected chi connectivity index (χ4v) is 3.22. The number of allylic oxidation sites excluding steroid dienone is 1. The number of nitrogens with zero attached hydrogens (tertiary/aromatic N) is 1. The van der Waals surface area contributed by atoms with Gasteiger partial charge in [-0.2, -0.15) is 5.26 Å². The van der Waals surface area contributed by atoms with Crippen LogP contribution in [-0.2, 0) is 19.7 Å². The summed E-state index contributed by atoms with van der Waals surface area (Å²) in [6, 6.07) is 8.61. The van der Waals surface area contributed by atoms with E-state index in [4.69, 9.17) is 15.2 Å². The number of benzene rings is 1. The first kappa shape index (κ1) is 15.6. The first-order valence-electron chi connectivity index (χ1n) is 7.36. The smallest absolute Gasteiger partial charge is 0.337 e. The molecular weight excluding hydrogens is 310 g/mol. The Kier molecular flexibility index (Phi) is 3.53. The molecule has 2 heterocycles. The van der Waals surface area contributed by atoms with Gasteiger partial charge in [0, 0.05) is 11.3 Å². The lowest BCUT2D eigenvalue weighted by molar-refractivity contribution is -0.140. The van der Waals surface area contributed by atoms with Crippen LogP contribution in [0, 0.1) is 11.3 Å². The van der Waals surface area contributed by atoms with Crippen LogP contribution in [0.4, 0.5) is 0 Å². The highest BCUT2D eigenvalue weighted by molar-refractivity contribution is 6.12. The highest BCUT2D eigenvalue weighted by Gasteiger charge is 2.59. The van der Waals surface area contributed by atoms with Gasteiger partial charge >= 0.3 is 5.97 Å². The van der Waals surface area contributed by atoms with Crippen molar-refractivity contribution < 1.29 is 19.1 Å². The molecule has 1 atom stereocenters. The molecule has 0 saturated heterocycles. The number of carbonyl (C=O) groups is 2. The first-order chi connectivity index (χ1) is 11.5. The predicted octanol–water partition coefficient (Wildman–Crippen LogP) is 0.978. The van der Waals surface area contributed by atoms with E-state index in [-0.39, 0.29) is 23.6 Å². The molecule has 1 unspecified atom stereocenters. The quantitative estimate of drug-likeness (QED) is 0.783. The van der Waals surface area contributed by atoms with Crippen LogP contribution in [0.2, 0.25) is 0 Å². The minimum Gasteiger partial charge on any atom is -0.463 e. The molecule has 1 aromatic rings. The van der Waals surface area contributed by atoms with Gasteiger partial charge in [-0.3, -0.25) is 4.79 Å². The van der Waals surface area contributed by atoms with E-state index in [1.807, 2.05) is 6.07 Å². The Hall–Kier alpha value is -3.27. The highest BCUT2D eigenvalue weighted by Crippen LogP contribution is 2.51. The molecule has 0 fully saturated rings.